The lowest BCUT2D eigenvalue weighted by molar-refractivity contribution is -0.146. The van der Waals surface area contributed by atoms with Crippen LogP contribution in [0.15, 0.2) is 17.5 Å². The lowest BCUT2D eigenvalue weighted by atomic mass is 10.3. The van der Waals surface area contributed by atoms with Crippen LogP contribution in [0, 0.1) is 0 Å². The molecular formula is C12H17N3O2S. The second kappa shape index (κ2) is 6.51. The molecule has 18 heavy (non-hydrogen) atoms. The van der Waals surface area contributed by atoms with Gasteiger partial charge in [0.05, 0.1) is 0 Å². The Labute approximate surface area is 110 Å². The normalized spacial score (nSPS) is 15.4. The van der Waals surface area contributed by atoms with Gasteiger partial charge >= 0.3 is 11.8 Å². The molecule has 1 aliphatic heterocycles. The van der Waals surface area contributed by atoms with Crippen LogP contribution in [0.4, 0.5) is 0 Å². The minimum absolute atomic E-state index is 0.414. The first-order valence-electron chi connectivity index (χ1n) is 6.07. The van der Waals surface area contributed by atoms with Gasteiger partial charge in [-0.05, 0) is 17.9 Å². The Morgan fingerprint density at radius 2 is 2.17 bits per heavy atom. The summed E-state index contributed by atoms with van der Waals surface area (Å²) in [7, 11) is 0. The van der Waals surface area contributed by atoms with Gasteiger partial charge in [0.25, 0.3) is 0 Å². The van der Waals surface area contributed by atoms with Gasteiger partial charge < -0.3 is 15.5 Å². The first kappa shape index (κ1) is 13.0. The van der Waals surface area contributed by atoms with Crippen molar-refractivity contribution in [3.63, 3.8) is 0 Å². The molecule has 1 aliphatic rings. The zero-order valence-corrected chi connectivity index (χ0v) is 11.0. The molecule has 2 rings (SSSR count). The zero-order chi connectivity index (χ0) is 12.8. The minimum atomic E-state index is -0.492. The number of thiophene rings is 1. The summed E-state index contributed by atoms with van der Waals surface area (Å²) < 4.78 is 0. The lowest BCUT2D eigenvalue weighted by Crippen LogP contribution is -2.51. The van der Waals surface area contributed by atoms with E-state index in [0.717, 1.165) is 19.5 Å². The number of hydrogen-bond donors (Lipinski definition) is 2. The van der Waals surface area contributed by atoms with E-state index in [1.54, 1.807) is 16.2 Å². The Bertz CT molecular complexity index is 399. The second-order valence-corrected chi connectivity index (χ2v) is 5.16. The van der Waals surface area contributed by atoms with E-state index < -0.39 is 11.8 Å². The maximum atomic E-state index is 11.8. The molecule has 1 aromatic heterocycles. The molecular weight excluding hydrogens is 250 g/mol. The van der Waals surface area contributed by atoms with E-state index in [1.807, 2.05) is 17.5 Å². The molecule has 5 nitrogen and oxygen atoms in total. The molecule has 0 radical (unpaired) electrons. The number of carbonyl (C=O) groups is 2. The summed E-state index contributed by atoms with van der Waals surface area (Å²) in [5, 5.41) is 7.82. The number of piperazine rings is 1. The maximum absolute atomic E-state index is 11.8. The molecule has 0 atom stereocenters. The summed E-state index contributed by atoms with van der Waals surface area (Å²) in [5.41, 5.74) is 0. The SMILES string of the molecule is O=C(NCCc1cccs1)C(=O)N1CCNCC1. The molecule has 0 aliphatic carbocycles. The third-order valence-corrected chi connectivity index (χ3v) is 3.77. The molecule has 0 spiro atoms. The fourth-order valence-electron chi connectivity index (χ4n) is 1.84. The number of hydrogen-bond acceptors (Lipinski definition) is 4. The average Bonchev–Trinajstić information content (AvgIpc) is 2.92. The predicted molar refractivity (Wildman–Crippen MR) is 70.5 cm³/mol. The monoisotopic (exact) mass is 267 g/mol. The van der Waals surface area contributed by atoms with Gasteiger partial charge in [0.15, 0.2) is 0 Å². The van der Waals surface area contributed by atoms with E-state index in [2.05, 4.69) is 10.6 Å². The van der Waals surface area contributed by atoms with Crippen LogP contribution >= 0.6 is 11.3 Å². The van der Waals surface area contributed by atoms with E-state index in [4.69, 9.17) is 0 Å². The third kappa shape index (κ3) is 3.54. The molecule has 1 saturated heterocycles. The number of nitrogens with one attached hydrogen (secondary N) is 2. The highest BCUT2D eigenvalue weighted by Gasteiger charge is 2.22. The molecule has 2 N–H and O–H groups in total. The van der Waals surface area contributed by atoms with Gasteiger partial charge in [0.2, 0.25) is 0 Å². The van der Waals surface area contributed by atoms with Crippen LogP contribution in [0.2, 0.25) is 0 Å². The molecule has 6 heteroatoms. The van der Waals surface area contributed by atoms with Gasteiger partial charge in [-0.15, -0.1) is 11.3 Å². The van der Waals surface area contributed by atoms with E-state index >= 15 is 0 Å². The highest BCUT2D eigenvalue weighted by Crippen LogP contribution is 2.08. The number of nitrogens with zero attached hydrogens (tertiary/aromatic N) is 1. The van der Waals surface area contributed by atoms with Crippen molar-refractivity contribution < 1.29 is 9.59 Å². The van der Waals surface area contributed by atoms with Crippen LogP contribution in [0.5, 0.6) is 0 Å². The van der Waals surface area contributed by atoms with Crippen LogP contribution in [-0.2, 0) is 16.0 Å². The van der Waals surface area contributed by atoms with Crippen LogP contribution < -0.4 is 10.6 Å². The van der Waals surface area contributed by atoms with E-state index in [-0.39, 0.29) is 0 Å². The quantitative estimate of drug-likeness (QED) is 0.748. The Balaban J connectivity index is 1.71. The van der Waals surface area contributed by atoms with Crippen molar-refractivity contribution in [2.45, 2.75) is 6.42 Å². The van der Waals surface area contributed by atoms with Crippen LogP contribution in [-0.4, -0.2) is 49.4 Å². The maximum Gasteiger partial charge on any atom is 0.311 e. The van der Waals surface area contributed by atoms with Crippen LogP contribution in [0.1, 0.15) is 4.88 Å². The van der Waals surface area contributed by atoms with E-state index in [9.17, 15) is 9.59 Å². The van der Waals surface area contributed by atoms with Crippen molar-refractivity contribution in [3.05, 3.63) is 22.4 Å². The summed E-state index contributed by atoms with van der Waals surface area (Å²) in [6.07, 6.45) is 0.776. The van der Waals surface area contributed by atoms with Gasteiger partial charge in [-0.2, -0.15) is 0 Å². The van der Waals surface area contributed by atoms with Crippen molar-refractivity contribution in [1.82, 2.24) is 15.5 Å². The number of rotatable bonds is 3. The number of carbonyl (C=O) groups excluding carboxylic acids is 2. The van der Waals surface area contributed by atoms with Gasteiger partial charge in [-0.25, -0.2) is 0 Å². The minimum Gasteiger partial charge on any atom is -0.347 e. The van der Waals surface area contributed by atoms with Crippen molar-refractivity contribution in [2.24, 2.45) is 0 Å². The lowest BCUT2D eigenvalue weighted by Gasteiger charge is -2.26. The number of amides is 2. The summed E-state index contributed by atoms with van der Waals surface area (Å²) in [6, 6.07) is 4.00. The van der Waals surface area contributed by atoms with Gasteiger partial charge in [0.1, 0.15) is 0 Å². The van der Waals surface area contributed by atoms with Gasteiger partial charge in [-0.3, -0.25) is 9.59 Å². The van der Waals surface area contributed by atoms with Crippen molar-refractivity contribution >= 4 is 23.2 Å². The summed E-state index contributed by atoms with van der Waals surface area (Å²) in [5.74, 6) is -0.906. The second-order valence-electron chi connectivity index (χ2n) is 4.13. The van der Waals surface area contributed by atoms with Crippen molar-refractivity contribution in [1.29, 1.82) is 0 Å². The Morgan fingerprint density at radius 1 is 1.39 bits per heavy atom. The molecule has 0 unspecified atom stereocenters. The van der Waals surface area contributed by atoms with Crippen molar-refractivity contribution in [2.75, 3.05) is 32.7 Å². The van der Waals surface area contributed by atoms with Gasteiger partial charge in [0, 0.05) is 37.6 Å². The van der Waals surface area contributed by atoms with Crippen LogP contribution in [0.25, 0.3) is 0 Å². The summed E-state index contributed by atoms with van der Waals surface area (Å²) >= 11 is 1.66. The zero-order valence-electron chi connectivity index (χ0n) is 10.1. The molecule has 0 saturated carbocycles. The average molecular weight is 267 g/mol. The fourth-order valence-corrected chi connectivity index (χ4v) is 2.55. The molecule has 1 aromatic rings. The first-order chi connectivity index (χ1) is 8.77. The summed E-state index contributed by atoms with van der Waals surface area (Å²) in [4.78, 5) is 26.2. The van der Waals surface area contributed by atoms with Crippen LogP contribution in [0.3, 0.4) is 0 Å². The standard InChI is InChI=1S/C12H17N3O2S/c16-11(12(17)15-7-5-13-6-8-15)14-4-3-10-2-1-9-18-10/h1-2,9,13H,3-8H2,(H,14,16). The highest BCUT2D eigenvalue weighted by atomic mass is 32.1. The predicted octanol–water partition coefficient (Wildman–Crippen LogP) is -0.161. The molecule has 1 fully saturated rings. The molecule has 2 heterocycles. The highest BCUT2D eigenvalue weighted by molar-refractivity contribution is 7.09. The van der Waals surface area contributed by atoms with Crippen molar-refractivity contribution in [3.8, 4) is 0 Å². The first-order valence-corrected chi connectivity index (χ1v) is 6.95. The smallest absolute Gasteiger partial charge is 0.311 e. The fraction of sp³-hybridized carbons (Fsp3) is 0.500. The largest absolute Gasteiger partial charge is 0.347 e. The molecule has 98 valence electrons. The van der Waals surface area contributed by atoms with Gasteiger partial charge in [-0.1, -0.05) is 6.07 Å². The Morgan fingerprint density at radius 3 is 2.83 bits per heavy atom. The third-order valence-electron chi connectivity index (χ3n) is 2.84. The van der Waals surface area contributed by atoms with E-state index in [0.29, 0.717) is 19.6 Å². The van der Waals surface area contributed by atoms with E-state index in [1.165, 1.54) is 4.88 Å². The topological polar surface area (TPSA) is 61.4 Å². The summed E-state index contributed by atoms with van der Waals surface area (Å²) in [6.45, 7) is 3.24. The Kier molecular flexibility index (Phi) is 4.72. The molecule has 0 aromatic carbocycles. The molecule has 0 bridgehead atoms. The Hall–Kier alpha value is -1.40. The molecule has 2 amide bonds.